The van der Waals surface area contributed by atoms with Gasteiger partial charge in [0.05, 0.1) is 0 Å². The zero-order valence-electron chi connectivity index (χ0n) is 13.6. The summed E-state index contributed by atoms with van der Waals surface area (Å²) in [6.07, 6.45) is 5.27. The normalized spacial score (nSPS) is 25.8. The summed E-state index contributed by atoms with van der Waals surface area (Å²) in [5, 5.41) is 3.54. The van der Waals surface area contributed by atoms with Crippen molar-refractivity contribution in [2.75, 3.05) is 51.7 Å². The number of likely N-dealkylation sites (tertiary alicyclic amines) is 1. The second kappa shape index (κ2) is 6.37. The van der Waals surface area contributed by atoms with Crippen molar-refractivity contribution in [1.29, 1.82) is 0 Å². The lowest BCUT2D eigenvalue weighted by atomic mass is 9.87. The Morgan fingerprint density at radius 2 is 2.00 bits per heavy atom. The zero-order valence-corrected chi connectivity index (χ0v) is 13.6. The van der Waals surface area contributed by atoms with Gasteiger partial charge in [0.1, 0.15) is 0 Å². The van der Waals surface area contributed by atoms with Crippen LogP contribution in [0.5, 0.6) is 0 Å². The van der Waals surface area contributed by atoms with Gasteiger partial charge in [-0.05, 0) is 68.4 Å². The second-order valence-electron chi connectivity index (χ2n) is 7.12. The Morgan fingerprint density at radius 3 is 2.67 bits per heavy atom. The molecule has 3 rings (SSSR count). The van der Waals surface area contributed by atoms with Crippen LogP contribution in [0.2, 0.25) is 0 Å². The number of rotatable bonds is 5. The van der Waals surface area contributed by atoms with Crippen LogP contribution in [0.25, 0.3) is 0 Å². The molecule has 1 N–H and O–H groups in total. The van der Waals surface area contributed by atoms with Gasteiger partial charge in [-0.3, -0.25) is 0 Å². The monoisotopic (exact) mass is 287 g/mol. The fourth-order valence-corrected chi connectivity index (χ4v) is 3.83. The van der Waals surface area contributed by atoms with Crippen LogP contribution < -0.4 is 10.2 Å². The quantitative estimate of drug-likeness (QED) is 0.897. The molecule has 2 aliphatic rings. The Bertz CT molecular complexity index is 446. The molecule has 1 unspecified atom stereocenters. The predicted octanol–water partition coefficient (Wildman–Crippen LogP) is 2.37. The lowest BCUT2D eigenvalue weighted by Crippen LogP contribution is -2.29. The second-order valence-corrected chi connectivity index (χ2v) is 7.12. The first kappa shape index (κ1) is 14.9. The summed E-state index contributed by atoms with van der Waals surface area (Å²) in [4.78, 5) is 4.84. The van der Waals surface area contributed by atoms with Crippen LogP contribution in [0.1, 0.15) is 24.8 Å². The van der Waals surface area contributed by atoms with E-state index in [9.17, 15) is 0 Å². The van der Waals surface area contributed by atoms with Crippen molar-refractivity contribution in [2.45, 2.75) is 25.7 Å². The third-order valence-corrected chi connectivity index (χ3v) is 5.24. The van der Waals surface area contributed by atoms with Gasteiger partial charge in [-0.2, -0.15) is 0 Å². The highest BCUT2D eigenvalue weighted by molar-refractivity contribution is 5.45. The highest BCUT2D eigenvalue weighted by Gasteiger charge is 2.39. The molecule has 1 aromatic rings. The molecule has 1 spiro atoms. The molecular formula is C18H29N3. The Morgan fingerprint density at radius 1 is 1.19 bits per heavy atom. The molecule has 0 aromatic heterocycles. The van der Waals surface area contributed by atoms with Gasteiger partial charge in [0.25, 0.3) is 0 Å². The number of hydrogen-bond acceptors (Lipinski definition) is 3. The van der Waals surface area contributed by atoms with Gasteiger partial charge in [0.2, 0.25) is 0 Å². The summed E-state index contributed by atoms with van der Waals surface area (Å²) in [6.45, 7) is 6.36. The van der Waals surface area contributed by atoms with Crippen LogP contribution in [0.3, 0.4) is 0 Å². The number of aryl methyl sites for hydroxylation is 1. The van der Waals surface area contributed by atoms with E-state index in [-0.39, 0.29) is 0 Å². The maximum Gasteiger partial charge on any atom is 0.0361 e. The van der Waals surface area contributed by atoms with Gasteiger partial charge in [-0.15, -0.1) is 0 Å². The molecule has 116 valence electrons. The van der Waals surface area contributed by atoms with Gasteiger partial charge < -0.3 is 15.1 Å². The summed E-state index contributed by atoms with van der Waals surface area (Å²) in [6, 6.07) is 9.01. The molecule has 0 radical (unpaired) electrons. The summed E-state index contributed by atoms with van der Waals surface area (Å²) < 4.78 is 0. The minimum atomic E-state index is 0.618. The standard InChI is InChI=1S/C18H29N3/c1-20(2)17-7-5-16(6-8-17)4-3-12-21-13-10-18(15-21)9-11-19-14-18/h5-8,19H,3-4,9-15H2,1-2H3. The molecule has 2 saturated heterocycles. The van der Waals surface area contributed by atoms with Crippen molar-refractivity contribution in [3.63, 3.8) is 0 Å². The van der Waals surface area contributed by atoms with E-state index in [0.717, 1.165) is 0 Å². The lowest BCUT2D eigenvalue weighted by Gasteiger charge is -2.22. The summed E-state index contributed by atoms with van der Waals surface area (Å²) in [5.74, 6) is 0. The predicted molar refractivity (Wildman–Crippen MR) is 90.1 cm³/mol. The minimum Gasteiger partial charge on any atom is -0.378 e. The topological polar surface area (TPSA) is 18.5 Å². The molecule has 3 nitrogen and oxygen atoms in total. The number of nitrogens with zero attached hydrogens (tertiary/aromatic N) is 2. The van der Waals surface area contributed by atoms with Gasteiger partial charge in [-0.25, -0.2) is 0 Å². The molecule has 0 bridgehead atoms. The Labute approximate surface area is 129 Å². The number of hydrogen-bond donors (Lipinski definition) is 1. The van der Waals surface area contributed by atoms with Crippen molar-refractivity contribution in [2.24, 2.45) is 5.41 Å². The smallest absolute Gasteiger partial charge is 0.0361 e. The zero-order chi connectivity index (χ0) is 14.7. The first-order chi connectivity index (χ1) is 10.2. The average Bonchev–Trinajstić information content (AvgIpc) is 3.10. The number of nitrogens with one attached hydrogen (secondary N) is 1. The van der Waals surface area contributed by atoms with E-state index in [1.165, 1.54) is 69.7 Å². The molecule has 0 saturated carbocycles. The third kappa shape index (κ3) is 3.58. The van der Waals surface area contributed by atoms with Gasteiger partial charge in [0, 0.05) is 32.9 Å². The molecule has 2 heterocycles. The van der Waals surface area contributed by atoms with Crippen molar-refractivity contribution in [1.82, 2.24) is 10.2 Å². The molecule has 1 aromatic carbocycles. The largest absolute Gasteiger partial charge is 0.378 e. The van der Waals surface area contributed by atoms with Crippen molar-refractivity contribution in [3.8, 4) is 0 Å². The third-order valence-electron chi connectivity index (χ3n) is 5.24. The van der Waals surface area contributed by atoms with E-state index in [0.29, 0.717) is 5.41 Å². The first-order valence-electron chi connectivity index (χ1n) is 8.36. The van der Waals surface area contributed by atoms with Crippen LogP contribution in [0.4, 0.5) is 5.69 Å². The summed E-state index contributed by atoms with van der Waals surface area (Å²) in [7, 11) is 4.19. The fraction of sp³-hybridized carbons (Fsp3) is 0.667. The maximum absolute atomic E-state index is 3.54. The molecule has 0 amide bonds. The molecular weight excluding hydrogens is 258 g/mol. The van der Waals surface area contributed by atoms with Crippen LogP contribution in [0.15, 0.2) is 24.3 Å². The Balaban J connectivity index is 1.42. The Kier molecular flexibility index (Phi) is 4.51. The van der Waals surface area contributed by atoms with E-state index in [2.05, 4.69) is 53.5 Å². The summed E-state index contributed by atoms with van der Waals surface area (Å²) >= 11 is 0. The Hall–Kier alpha value is -1.06. The highest BCUT2D eigenvalue weighted by atomic mass is 15.2. The molecule has 2 fully saturated rings. The van der Waals surface area contributed by atoms with E-state index in [4.69, 9.17) is 0 Å². The average molecular weight is 287 g/mol. The number of benzene rings is 1. The first-order valence-corrected chi connectivity index (χ1v) is 8.36. The van der Waals surface area contributed by atoms with Crippen LogP contribution in [-0.2, 0) is 6.42 Å². The van der Waals surface area contributed by atoms with Crippen molar-refractivity contribution in [3.05, 3.63) is 29.8 Å². The molecule has 3 heteroatoms. The van der Waals surface area contributed by atoms with Gasteiger partial charge in [0.15, 0.2) is 0 Å². The lowest BCUT2D eigenvalue weighted by molar-refractivity contribution is 0.272. The van der Waals surface area contributed by atoms with E-state index in [1.807, 2.05) is 0 Å². The molecule has 0 aliphatic carbocycles. The maximum atomic E-state index is 3.54. The fourth-order valence-electron chi connectivity index (χ4n) is 3.83. The van der Waals surface area contributed by atoms with Gasteiger partial charge in [-0.1, -0.05) is 12.1 Å². The van der Waals surface area contributed by atoms with Gasteiger partial charge >= 0.3 is 0 Å². The van der Waals surface area contributed by atoms with Crippen molar-refractivity contribution >= 4 is 5.69 Å². The van der Waals surface area contributed by atoms with E-state index < -0.39 is 0 Å². The van der Waals surface area contributed by atoms with Crippen LogP contribution in [-0.4, -0.2) is 51.7 Å². The van der Waals surface area contributed by atoms with Crippen molar-refractivity contribution < 1.29 is 0 Å². The minimum absolute atomic E-state index is 0.618. The SMILES string of the molecule is CN(C)c1ccc(CCCN2CCC3(CCNC3)C2)cc1. The van der Waals surface area contributed by atoms with E-state index >= 15 is 0 Å². The molecule has 2 aliphatic heterocycles. The van der Waals surface area contributed by atoms with Crippen LogP contribution in [0, 0.1) is 5.41 Å². The summed E-state index contributed by atoms with van der Waals surface area (Å²) in [5.41, 5.74) is 3.37. The number of anilines is 1. The highest BCUT2D eigenvalue weighted by Crippen LogP contribution is 2.35. The molecule has 21 heavy (non-hydrogen) atoms. The molecule has 1 atom stereocenters. The van der Waals surface area contributed by atoms with E-state index in [1.54, 1.807) is 0 Å². The van der Waals surface area contributed by atoms with Crippen LogP contribution >= 0.6 is 0 Å².